The third-order valence-corrected chi connectivity index (χ3v) is 4.00. The number of rotatable bonds is 2. The zero-order chi connectivity index (χ0) is 20.9. The number of carbonyl (C=O) groups is 1. The maximum Gasteiger partial charge on any atom is 0.573 e. The molecule has 0 atom stereocenters. The van der Waals surface area contributed by atoms with Gasteiger partial charge in [-0.25, -0.2) is 9.18 Å². The highest BCUT2D eigenvalue weighted by Crippen LogP contribution is 2.26. The van der Waals surface area contributed by atoms with Crippen LogP contribution in [-0.2, 0) is 12.6 Å². The fourth-order valence-electron chi connectivity index (χ4n) is 2.56. The first-order chi connectivity index (χ1) is 13.0. The lowest BCUT2D eigenvalue weighted by atomic mass is 10.0. The first-order valence-corrected chi connectivity index (χ1v) is 8.69. The van der Waals surface area contributed by atoms with Gasteiger partial charge in [-0.05, 0) is 31.9 Å². The number of amides is 2. The Morgan fingerprint density at radius 2 is 2.00 bits per heavy atom. The zero-order valence-corrected chi connectivity index (χ0v) is 15.9. The Balaban J connectivity index is 1.96. The Kier molecular flexibility index (Phi) is 7.05. The molecule has 2 rings (SSSR count). The number of alkyl halides is 3. The van der Waals surface area contributed by atoms with Crippen LogP contribution in [0.2, 0.25) is 0 Å². The summed E-state index contributed by atoms with van der Waals surface area (Å²) in [6, 6.07) is 2.57. The van der Waals surface area contributed by atoms with E-state index in [9.17, 15) is 22.4 Å². The van der Waals surface area contributed by atoms with Gasteiger partial charge >= 0.3 is 17.6 Å². The van der Waals surface area contributed by atoms with E-state index in [-0.39, 0.29) is 22.6 Å². The SMILES string of the molecule is CC(=N)N=C([SH2+])NC(=O)N1CCC(=Cc2ccc(OC(F)(F)F)cc2F)CC1. The number of benzene rings is 1. The molecular weight excluding hydrogens is 400 g/mol. The van der Waals surface area contributed by atoms with Gasteiger partial charge in [0, 0.05) is 37.3 Å². The molecule has 1 aliphatic heterocycles. The minimum absolute atomic E-state index is 0.0304. The average molecular weight is 419 g/mol. The van der Waals surface area contributed by atoms with E-state index >= 15 is 0 Å². The van der Waals surface area contributed by atoms with Gasteiger partial charge in [-0.1, -0.05) is 11.6 Å². The Hall–Kier alpha value is -2.56. The van der Waals surface area contributed by atoms with E-state index in [1.165, 1.54) is 13.0 Å². The van der Waals surface area contributed by atoms with Crippen molar-refractivity contribution >= 4 is 35.7 Å². The molecule has 2 N–H and O–H groups in total. The van der Waals surface area contributed by atoms with Crippen molar-refractivity contribution in [3.05, 3.63) is 35.2 Å². The van der Waals surface area contributed by atoms with Crippen molar-refractivity contribution in [3.8, 4) is 5.75 Å². The predicted octanol–water partition coefficient (Wildman–Crippen LogP) is 3.28. The number of halogens is 4. The van der Waals surface area contributed by atoms with Crippen LogP contribution >= 0.6 is 0 Å². The Morgan fingerprint density at radius 1 is 1.36 bits per heavy atom. The molecule has 6 nitrogen and oxygen atoms in total. The second-order valence-electron chi connectivity index (χ2n) is 6.00. The minimum atomic E-state index is -4.88. The van der Waals surface area contributed by atoms with Gasteiger partial charge in [-0.2, -0.15) is 4.99 Å². The summed E-state index contributed by atoms with van der Waals surface area (Å²) in [4.78, 5) is 17.4. The van der Waals surface area contributed by atoms with Crippen LogP contribution in [0.1, 0.15) is 25.3 Å². The fraction of sp³-hybridized carbons (Fsp3) is 0.353. The summed E-state index contributed by atoms with van der Waals surface area (Å²) in [5.41, 5.74) is 1.02. The van der Waals surface area contributed by atoms with Gasteiger partial charge in [0.1, 0.15) is 17.4 Å². The maximum atomic E-state index is 14.0. The van der Waals surface area contributed by atoms with E-state index in [0.29, 0.717) is 32.0 Å². The quantitative estimate of drug-likeness (QED) is 0.334. The topological polar surface area (TPSA) is 77.8 Å². The monoisotopic (exact) mass is 419 g/mol. The van der Waals surface area contributed by atoms with Gasteiger partial charge in [-0.3, -0.25) is 10.7 Å². The van der Waals surface area contributed by atoms with E-state index in [2.05, 4.69) is 27.7 Å². The molecule has 1 fully saturated rings. The third-order valence-electron chi connectivity index (χ3n) is 3.76. The van der Waals surface area contributed by atoms with Crippen molar-refractivity contribution in [2.75, 3.05) is 13.1 Å². The van der Waals surface area contributed by atoms with Gasteiger partial charge in [0.2, 0.25) is 0 Å². The minimum Gasteiger partial charge on any atom is -0.406 e. The Bertz CT molecular complexity index is 814. The number of aliphatic imine (C=N–C) groups is 1. The van der Waals surface area contributed by atoms with Crippen LogP contribution in [0.5, 0.6) is 5.75 Å². The van der Waals surface area contributed by atoms with Crippen molar-refractivity contribution in [2.45, 2.75) is 26.1 Å². The number of carbonyl (C=O) groups excluding carboxylic acids is 1. The molecule has 0 spiro atoms. The van der Waals surface area contributed by atoms with Crippen LogP contribution in [-0.4, -0.2) is 41.4 Å². The third kappa shape index (κ3) is 6.87. The number of amidine groups is 2. The summed E-state index contributed by atoms with van der Waals surface area (Å²) in [5.74, 6) is -1.41. The number of hydrogen-bond donors (Lipinski definition) is 2. The van der Waals surface area contributed by atoms with E-state index in [1.54, 1.807) is 11.0 Å². The van der Waals surface area contributed by atoms with Gasteiger partial charge < -0.3 is 9.64 Å². The van der Waals surface area contributed by atoms with Crippen molar-refractivity contribution in [2.24, 2.45) is 4.99 Å². The second kappa shape index (κ2) is 9.09. The predicted molar refractivity (Wildman–Crippen MR) is 101 cm³/mol. The maximum absolute atomic E-state index is 14.0. The molecule has 0 aliphatic carbocycles. The summed E-state index contributed by atoms with van der Waals surface area (Å²) < 4.78 is 54.2. The fourth-order valence-corrected chi connectivity index (χ4v) is 2.83. The molecule has 1 aromatic carbocycles. The van der Waals surface area contributed by atoms with Crippen LogP contribution in [0, 0.1) is 11.2 Å². The van der Waals surface area contributed by atoms with Crippen LogP contribution in [0.4, 0.5) is 22.4 Å². The number of ether oxygens (including phenoxy) is 1. The normalized spacial score (nSPS) is 15.3. The molecule has 0 saturated carbocycles. The number of nitrogens with one attached hydrogen (secondary N) is 2. The summed E-state index contributed by atoms with van der Waals surface area (Å²) in [6.07, 6.45) is -2.33. The smallest absolute Gasteiger partial charge is 0.406 e. The molecule has 152 valence electrons. The van der Waals surface area contributed by atoms with Crippen molar-refractivity contribution in [1.82, 2.24) is 10.2 Å². The summed E-state index contributed by atoms with van der Waals surface area (Å²) >= 11 is 3.10. The number of likely N-dealkylation sites (tertiary alicyclic amines) is 1. The molecule has 0 bridgehead atoms. The molecule has 1 heterocycles. The molecule has 2 amide bonds. The number of piperidine rings is 1. The van der Waals surface area contributed by atoms with Crippen LogP contribution in [0.3, 0.4) is 0 Å². The van der Waals surface area contributed by atoms with E-state index in [0.717, 1.165) is 11.6 Å². The molecule has 1 aliphatic rings. The van der Waals surface area contributed by atoms with Gasteiger partial charge in [-0.15, -0.1) is 13.2 Å². The van der Waals surface area contributed by atoms with Crippen molar-refractivity contribution < 1.29 is 27.1 Å². The molecule has 28 heavy (non-hydrogen) atoms. The molecule has 1 aromatic rings. The zero-order valence-electron chi connectivity index (χ0n) is 14.9. The highest BCUT2D eigenvalue weighted by molar-refractivity contribution is 7.77. The molecule has 1 saturated heterocycles. The average Bonchev–Trinajstić information content (AvgIpc) is 2.55. The van der Waals surface area contributed by atoms with Gasteiger partial charge in [0.25, 0.3) is 0 Å². The summed E-state index contributed by atoms with van der Waals surface area (Å²) in [7, 11) is 0. The molecule has 11 heteroatoms. The van der Waals surface area contributed by atoms with Crippen LogP contribution in [0.15, 0.2) is 28.8 Å². The molecule has 0 unspecified atom stereocenters. The standard InChI is InChI=1S/C17H18F4N4O2S/c1-10(22)23-15(28)24-16(26)25-6-4-11(5-7-25)8-12-2-3-13(9-14(12)18)27-17(19,20)21/h2-3,8-9H,4-7H2,1H3,(H3,22,23,24,26,28)/p+1. The lowest BCUT2D eigenvalue weighted by Crippen LogP contribution is -2.45. The van der Waals surface area contributed by atoms with Crippen LogP contribution < -0.4 is 10.1 Å². The molecular formula is C17H19F4N4O2S+. The first-order valence-electron chi connectivity index (χ1n) is 8.19. The lowest BCUT2D eigenvalue weighted by Gasteiger charge is -2.28. The number of urea groups is 1. The van der Waals surface area contributed by atoms with Gasteiger partial charge in [0.15, 0.2) is 0 Å². The van der Waals surface area contributed by atoms with E-state index < -0.39 is 17.9 Å². The summed E-state index contributed by atoms with van der Waals surface area (Å²) in [6.45, 7) is 2.24. The highest BCUT2D eigenvalue weighted by Gasteiger charge is 2.31. The number of hydrogen-bond acceptors (Lipinski definition) is 3. The van der Waals surface area contributed by atoms with E-state index in [1.807, 2.05) is 0 Å². The van der Waals surface area contributed by atoms with Crippen molar-refractivity contribution in [3.63, 3.8) is 0 Å². The van der Waals surface area contributed by atoms with Crippen molar-refractivity contribution in [1.29, 1.82) is 5.41 Å². The Labute approximate surface area is 164 Å². The van der Waals surface area contributed by atoms with Gasteiger partial charge in [0.05, 0.1) is 0 Å². The molecule has 0 aromatic heterocycles. The first kappa shape index (κ1) is 21.7. The largest absolute Gasteiger partial charge is 0.573 e. The highest BCUT2D eigenvalue weighted by atomic mass is 32.1. The summed E-state index contributed by atoms with van der Waals surface area (Å²) in [5, 5.41) is 9.87. The second-order valence-corrected chi connectivity index (χ2v) is 6.47. The number of nitrogens with zero attached hydrogens (tertiary/aromatic N) is 2. The molecule has 0 radical (unpaired) electrons. The lowest BCUT2D eigenvalue weighted by molar-refractivity contribution is -0.274. The van der Waals surface area contributed by atoms with E-state index in [4.69, 9.17) is 5.41 Å². The Morgan fingerprint density at radius 3 is 2.54 bits per heavy atom. The van der Waals surface area contributed by atoms with Crippen LogP contribution in [0.25, 0.3) is 6.08 Å².